The van der Waals surface area contributed by atoms with Gasteiger partial charge in [0.15, 0.2) is 17.1 Å². The van der Waals surface area contributed by atoms with E-state index in [1.165, 1.54) is 18.2 Å². The zero-order valence-electron chi connectivity index (χ0n) is 24.4. The monoisotopic (exact) mass is 635 g/mol. The van der Waals surface area contributed by atoms with Gasteiger partial charge in [0.1, 0.15) is 6.17 Å². The molecule has 232 valence electrons. The van der Waals surface area contributed by atoms with Crippen molar-refractivity contribution in [1.82, 2.24) is 5.06 Å². The molecule has 0 amide bonds. The lowest BCUT2D eigenvalue weighted by Gasteiger charge is -2.63. The van der Waals surface area contributed by atoms with Gasteiger partial charge < -0.3 is 9.84 Å². The molecule has 1 heterocycles. The number of nitrogens with zero attached hydrogens (tertiary/aromatic N) is 1. The number of carbonyl (C=O) groups is 3. The molecular formula is C32H36ClF2NO6S. The standard InChI is InChI=1S/C32H36ClF2NO6S/c1-4-41-27(39)17-43-28(40)32-19(16-36(42-32)15-18-5-7-20(33)8-6-18)11-22-23-13-25(34)24-12-21(37)9-10-29(24,2)31(23,35)26(38)14-30(22,32)3/h5-10,12,19,22-23,25-26,38H,4,11,13-17H2,1-3H3/t19-,22?,23-,25-,26-,29-,30-,31-,32-/m0/s1. The number of benzene rings is 1. The Labute approximate surface area is 258 Å². The molecule has 7 nitrogen and oxygen atoms in total. The Kier molecular flexibility index (Phi) is 7.73. The van der Waals surface area contributed by atoms with Crippen LogP contribution in [0.5, 0.6) is 0 Å². The summed E-state index contributed by atoms with van der Waals surface area (Å²) in [4.78, 5) is 45.3. The minimum Gasteiger partial charge on any atom is -0.465 e. The smallest absolute Gasteiger partial charge is 0.316 e. The van der Waals surface area contributed by atoms with Gasteiger partial charge in [0.05, 0.1) is 18.5 Å². The summed E-state index contributed by atoms with van der Waals surface area (Å²) in [7, 11) is 0. The third-order valence-corrected chi connectivity index (χ3v) is 12.1. The molecule has 4 fully saturated rings. The summed E-state index contributed by atoms with van der Waals surface area (Å²) in [5.74, 6) is -2.97. The van der Waals surface area contributed by atoms with Gasteiger partial charge in [-0.15, -0.1) is 0 Å². The first kappa shape index (κ1) is 30.9. The summed E-state index contributed by atoms with van der Waals surface area (Å²) in [6.45, 7) is 5.99. The fourth-order valence-electron chi connectivity index (χ4n) is 8.98. The number of halogens is 3. The summed E-state index contributed by atoms with van der Waals surface area (Å²) in [5, 5.41) is 13.7. The van der Waals surface area contributed by atoms with Crippen molar-refractivity contribution >= 4 is 40.2 Å². The molecule has 9 atom stereocenters. The zero-order chi connectivity index (χ0) is 30.9. The molecule has 6 rings (SSSR count). The lowest BCUT2D eigenvalue weighted by molar-refractivity contribution is -0.266. The van der Waals surface area contributed by atoms with Gasteiger partial charge in [-0.3, -0.25) is 19.2 Å². The van der Waals surface area contributed by atoms with Gasteiger partial charge >= 0.3 is 5.97 Å². The van der Waals surface area contributed by atoms with Crippen LogP contribution >= 0.6 is 23.4 Å². The second kappa shape index (κ2) is 10.8. The van der Waals surface area contributed by atoms with Crippen LogP contribution in [0, 0.1) is 28.6 Å². The topological polar surface area (TPSA) is 93.1 Å². The lowest BCUT2D eigenvalue weighted by Crippen LogP contribution is -2.70. The summed E-state index contributed by atoms with van der Waals surface area (Å²) in [6.07, 6.45) is 0.749. The fraction of sp³-hybridized carbons (Fsp3) is 0.594. The highest BCUT2D eigenvalue weighted by molar-refractivity contribution is 8.14. The first-order valence-corrected chi connectivity index (χ1v) is 16.1. The van der Waals surface area contributed by atoms with Crippen molar-refractivity contribution in [2.75, 3.05) is 18.9 Å². The minimum atomic E-state index is -2.26. The Hall–Kier alpha value is -2.11. The molecule has 1 aliphatic heterocycles. The third-order valence-electron chi connectivity index (χ3n) is 10.9. The third kappa shape index (κ3) is 4.42. The number of hydrogen-bond acceptors (Lipinski definition) is 8. The highest BCUT2D eigenvalue weighted by atomic mass is 35.5. The maximum Gasteiger partial charge on any atom is 0.316 e. The normalized spacial score (nSPS) is 41.6. The first-order chi connectivity index (χ1) is 20.3. The van der Waals surface area contributed by atoms with Crippen LogP contribution in [0.15, 0.2) is 48.1 Å². The number of hydroxylamine groups is 2. The molecule has 0 bridgehead atoms. The van der Waals surface area contributed by atoms with Crippen molar-refractivity contribution in [2.24, 2.45) is 28.6 Å². The van der Waals surface area contributed by atoms with Gasteiger partial charge in [0.2, 0.25) is 5.12 Å². The van der Waals surface area contributed by atoms with Crippen LogP contribution in [-0.4, -0.2) is 69.5 Å². The van der Waals surface area contributed by atoms with E-state index in [2.05, 4.69) is 0 Å². The second-order valence-corrected chi connectivity index (χ2v) is 14.3. The Balaban J connectivity index is 1.38. The van der Waals surface area contributed by atoms with Crippen LogP contribution in [0.2, 0.25) is 5.02 Å². The molecule has 4 aliphatic carbocycles. The Morgan fingerprint density at radius 3 is 2.63 bits per heavy atom. The van der Waals surface area contributed by atoms with E-state index in [-0.39, 0.29) is 35.9 Å². The van der Waals surface area contributed by atoms with Crippen molar-refractivity contribution in [3.8, 4) is 0 Å². The molecule has 0 aromatic heterocycles. The molecular weight excluding hydrogens is 600 g/mol. The number of carbonyl (C=O) groups excluding carboxylic acids is 3. The van der Waals surface area contributed by atoms with E-state index in [1.54, 1.807) is 31.0 Å². The van der Waals surface area contributed by atoms with Crippen molar-refractivity contribution in [3.63, 3.8) is 0 Å². The van der Waals surface area contributed by atoms with Crippen LogP contribution in [0.1, 0.15) is 45.6 Å². The predicted molar refractivity (Wildman–Crippen MR) is 157 cm³/mol. The maximum atomic E-state index is 17.6. The van der Waals surface area contributed by atoms with Gasteiger partial charge in [-0.25, -0.2) is 8.78 Å². The Morgan fingerprint density at radius 1 is 1.21 bits per heavy atom. The van der Waals surface area contributed by atoms with Gasteiger partial charge in [-0.2, -0.15) is 5.06 Å². The Morgan fingerprint density at radius 2 is 1.93 bits per heavy atom. The molecule has 1 unspecified atom stereocenters. The number of thioether (sulfide) groups is 1. The largest absolute Gasteiger partial charge is 0.465 e. The van der Waals surface area contributed by atoms with Crippen LogP contribution in [0.25, 0.3) is 0 Å². The number of fused-ring (bicyclic) bond motifs is 7. The van der Waals surface area contributed by atoms with Crippen LogP contribution in [0.3, 0.4) is 0 Å². The second-order valence-electron chi connectivity index (χ2n) is 12.9. The molecule has 11 heteroatoms. The van der Waals surface area contributed by atoms with Crippen LogP contribution < -0.4 is 0 Å². The molecule has 3 saturated carbocycles. The number of ether oxygens (including phenoxy) is 1. The zero-order valence-corrected chi connectivity index (χ0v) is 25.9. The summed E-state index contributed by atoms with van der Waals surface area (Å²) in [5.41, 5.74) is -5.36. The molecule has 1 aromatic carbocycles. The van der Waals surface area contributed by atoms with Gasteiger partial charge in [-0.05, 0) is 74.4 Å². The summed E-state index contributed by atoms with van der Waals surface area (Å²) >= 11 is 6.87. The van der Waals surface area contributed by atoms with Crippen molar-refractivity contribution < 1.29 is 37.8 Å². The SMILES string of the molecule is CCOC(=O)CSC(=O)[C@@]12ON(Cc3ccc(Cl)cc3)C[C@@H]1CC1[C@@H]3C[C@H](F)C4=CC(=O)C=C[C@]4(C)[C@@]3(F)[C@@H](O)C[C@@]12C. The van der Waals surface area contributed by atoms with E-state index in [0.29, 0.717) is 24.5 Å². The van der Waals surface area contributed by atoms with Crippen LogP contribution in [-0.2, 0) is 30.5 Å². The minimum absolute atomic E-state index is 0.0563. The number of esters is 1. The number of hydrogen-bond donors (Lipinski definition) is 1. The number of aliphatic hydroxyl groups excluding tert-OH is 1. The lowest BCUT2D eigenvalue weighted by atomic mass is 9.44. The molecule has 5 aliphatic rings. The average molecular weight is 636 g/mol. The molecule has 43 heavy (non-hydrogen) atoms. The molecule has 1 saturated heterocycles. The first-order valence-electron chi connectivity index (χ1n) is 14.8. The molecule has 0 spiro atoms. The van der Waals surface area contributed by atoms with E-state index < -0.39 is 63.9 Å². The molecule has 1 N–H and O–H groups in total. The average Bonchev–Trinajstić information content (AvgIpc) is 3.43. The highest BCUT2D eigenvalue weighted by Crippen LogP contribution is 2.73. The van der Waals surface area contributed by atoms with Gasteiger partial charge in [0.25, 0.3) is 0 Å². The number of rotatable bonds is 6. The van der Waals surface area contributed by atoms with E-state index in [9.17, 15) is 19.5 Å². The van der Waals surface area contributed by atoms with E-state index in [0.717, 1.165) is 17.3 Å². The van der Waals surface area contributed by atoms with Crippen LogP contribution in [0.4, 0.5) is 8.78 Å². The quantitative estimate of drug-likeness (QED) is 0.427. The number of ketones is 1. The van der Waals surface area contributed by atoms with Crippen molar-refractivity contribution in [2.45, 2.75) is 70.1 Å². The Bertz CT molecular complexity index is 1410. The maximum absolute atomic E-state index is 17.6. The summed E-state index contributed by atoms with van der Waals surface area (Å²) < 4.78 is 38.6. The number of aliphatic hydroxyl groups is 1. The van der Waals surface area contributed by atoms with Gasteiger partial charge in [0, 0.05) is 40.8 Å². The number of alkyl halides is 2. The summed E-state index contributed by atoms with van der Waals surface area (Å²) in [6, 6.07) is 7.28. The van der Waals surface area contributed by atoms with Gasteiger partial charge in [-0.1, -0.05) is 48.5 Å². The highest BCUT2D eigenvalue weighted by Gasteiger charge is 2.79. The molecule has 0 radical (unpaired) electrons. The fourth-order valence-corrected chi connectivity index (χ4v) is 10.1. The van der Waals surface area contributed by atoms with E-state index in [1.807, 2.05) is 19.1 Å². The molecule has 1 aromatic rings. The predicted octanol–water partition coefficient (Wildman–Crippen LogP) is 5.19. The van der Waals surface area contributed by atoms with Crippen molar-refractivity contribution in [1.29, 1.82) is 0 Å². The van der Waals surface area contributed by atoms with E-state index >= 15 is 8.78 Å². The van der Waals surface area contributed by atoms with E-state index in [4.69, 9.17) is 21.2 Å². The van der Waals surface area contributed by atoms with Crippen molar-refractivity contribution in [3.05, 3.63) is 58.7 Å². The number of allylic oxidation sites excluding steroid dienone is 4.